The third-order valence-electron chi connectivity index (χ3n) is 2.66. The van der Waals surface area contributed by atoms with Crippen LogP contribution >= 0.6 is 11.3 Å². The van der Waals surface area contributed by atoms with Crippen LogP contribution in [0.4, 0.5) is 16.4 Å². The lowest BCUT2D eigenvalue weighted by Crippen LogP contribution is -2.12. The molecule has 2 aromatic rings. The van der Waals surface area contributed by atoms with E-state index in [2.05, 4.69) is 9.82 Å². The summed E-state index contributed by atoms with van der Waals surface area (Å²) in [4.78, 5) is 10.0. The maximum Gasteiger partial charge on any atom is 0.304 e. The Labute approximate surface area is 124 Å². The van der Waals surface area contributed by atoms with Gasteiger partial charge in [0.2, 0.25) is 0 Å². The predicted octanol–water partition coefficient (Wildman–Crippen LogP) is 1.34. The molecule has 0 spiro atoms. The molecule has 0 atom stereocenters. The molecule has 0 saturated heterocycles. The first-order valence-electron chi connectivity index (χ1n) is 5.83. The molecule has 0 unspecified atom stereocenters. The number of nitrogens with zero attached hydrogens (tertiary/aromatic N) is 3. The minimum absolute atomic E-state index is 0.151. The van der Waals surface area contributed by atoms with Gasteiger partial charge < -0.3 is 5.73 Å². The number of aromatic nitrogens is 2. The molecule has 0 radical (unpaired) electrons. The average Bonchev–Trinajstić information content (AvgIpc) is 2.92. The van der Waals surface area contributed by atoms with Crippen LogP contribution in [0.15, 0.2) is 16.5 Å². The van der Waals surface area contributed by atoms with Crippen molar-refractivity contribution in [3.8, 4) is 0 Å². The number of rotatable bonds is 5. The quantitative estimate of drug-likeness (QED) is 0.627. The first-order chi connectivity index (χ1) is 9.74. The second-order valence-electron chi connectivity index (χ2n) is 4.19. The van der Waals surface area contributed by atoms with Gasteiger partial charge in [0, 0.05) is 19.3 Å². The highest BCUT2D eigenvalue weighted by Gasteiger charge is 2.25. The molecule has 11 heteroatoms. The lowest BCUT2D eigenvalue weighted by atomic mass is 10.3. The van der Waals surface area contributed by atoms with Crippen molar-refractivity contribution in [1.29, 1.82) is 0 Å². The molecule has 0 saturated carbocycles. The minimum Gasteiger partial charge on any atom is -0.385 e. The van der Waals surface area contributed by atoms with Crippen LogP contribution < -0.4 is 10.5 Å². The Morgan fingerprint density at radius 3 is 2.76 bits per heavy atom. The Morgan fingerprint density at radius 1 is 1.57 bits per heavy atom. The van der Waals surface area contributed by atoms with E-state index >= 15 is 0 Å². The maximum absolute atomic E-state index is 12.3. The number of nitrogens with two attached hydrogens (primary N) is 1. The molecule has 9 nitrogen and oxygen atoms in total. The smallest absolute Gasteiger partial charge is 0.304 e. The molecule has 0 aliphatic heterocycles. The van der Waals surface area contributed by atoms with Crippen LogP contribution in [-0.2, 0) is 23.5 Å². The van der Waals surface area contributed by atoms with E-state index in [1.165, 1.54) is 10.9 Å². The zero-order chi connectivity index (χ0) is 15.8. The van der Waals surface area contributed by atoms with E-state index in [9.17, 15) is 18.5 Å². The number of sulfonamides is 1. The Balaban J connectivity index is 2.38. The van der Waals surface area contributed by atoms with Gasteiger partial charge >= 0.3 is 5.69 Å². The third-order valence-corrected chi connectivity index (χ3v) is 5.46. The van der Waals surface area contributed by atoms with E-state index in [1.54, 1.807) is 7.05 Å². The van der Waals surface area contributed by atoms with Gasteiger partial charge in [-0.05, 0) is 6.42 Å². The maximum atomic E-state index is 12.3. The zero-order valence-electron chi connectivity index (χ0n) is 11.2. The normalized spacial score (nSPS) is 11.5. The van der Waals surface area contributed by atoms with Crippen molar-refractivity contribution < 1.29 is 13.3 Å². The highest BCUT2D eigenvalue weighted by Crippen LogP contribution is 2.35. The highest BCUT2D eigenvalue weighted by atomic mass is 32.2. The lowest BCUT2D eigenvalue weighted by Gasteiger charge is -2.04. The van der Waals surface area contributed by atoms with Crippen molar-refractivity contribution in [3.05, 3.63) is 28.1 Å². The number of nitrogens with one attached hydrogen (secondary N) is 1. The summed E-state index contributed by atoms with van der Waals surface area (Å²) in [6, 6.07) is 0.949. The van der Waals surface area contributed by atoms with E-state index in [-0.39, 0.29) is 9.21 Å². The van der Waals surface area contributed by atoms with Crippen LogP contribution in [0, 0.1) is 10.1 Å². The van der Waals surface area contributed by atoms with E-state index in [1.807, 2.05) is 6.92 Å². The predicted molar refractivity (Wildman–Crippen MR) is 78.8 cm³/mol. The fourth-order valence-electron chi connectivity index (χ4n) is 1.72. The molecule has 3 N–H and O–H groups in total. The van der Waals surface area contributed by atoms with Crippen molar-refractivity contribution in [3.63, 3.8) is 0 Å². The summed E-state index contributed by atoms with van der Waals surface area (Å²) >= 11 is 0.648. The number of thiophene rings is 1. The fourth-order valence-corrected chi connectivity index (χ4v) is 4.01. The summed E-state index contributed by atoms with van der Waals surface area (Å²) in [5.74, 6) is 0. The molecule has 0 amide bonds. The first kappa shape index (κ1) is 15.3. The summed E-state index contributed by atoms with van der Waals surface area (Å²) < 4.78 is 28.2. The number of nitro groups is 1. The monoisotopic (exact) mass is 331 g/mol. The first-order valence-corrected chi connectivity index (χ1v) is 8.13. The van der Waals surface area contributed by atoms with Gasteiger partial charge in [-0.15, -0.1) is 0 Å². The highest BCUT2D eigenvalue weighted by molar-refractivity contribution is 7.94. The SMILES string of the molecule is CCc1nn(C)cc1NS(=O)(=O)c1cc([N+](=O)[O-])c(N)s1. The molecule has 0 bridgehead atoms. The molecular formula is C10H13N5O4S2. The average molecular weight is 331 g/mol. The van der Waals surface area contributed by atoms with Gasteiger partial charge in [-0.3, -0.25) is 19.5 Å². The number of hydrogen-bond acceptors (Lipinski definition) is 7. The number of nitrogen functional groups attached to an aromatic ring is 1. The largest absolute Gasteiger partial charge is 0.385 e. The van der Waals surface area contributed by atoms with E-state index in [0.29, 0.717) is 29.1 Å². The topological polar surface area (TPSA) is 133 Å². The van der Waals surface area contributed by atoms with Gasteiger partial charge in [0.05, 0.1) is 16.3 Å². The van der Waals surface area contributed by atoms with Crippen LogP contribution in [-0.4, -0.2) is 23.1 Å². The summed E-state index contributed by atoms with van der Waals surface area (Å²) in [6.07, 6.45) is 2.08. The van der Waals surface area contributed by atoms with Crippen LogP contribution in [0.2, 0.25) is 0 Å². The van der Waals surface area contributed by atoms with E-state index < -0.39 is 20.6 Å². The van der Waals surface area contributed by atoms with Gasteiger partial charge in [-0.1, -0.05) is 18.3 Å². The summed E-state index contributed by atoms with van der Waals surface area (Å²) in [5.41, 5.74) is 5.97. The molecule has 2 heterocycles. The Bertz CT molecular complexity index is 792. The molecule has 21 heavy (non-hydrogen) atoms. The molecule has 0 aromatic carbocycles. The van der Waals surface area contributed by atoms with Gasteiger partial charge in [-0.25, -0.2) is 8.42 Å². The fraction of sp³-hybridized carbons (Fsp3) is 0.300. The molecule has 114 valence electrons. The van der Waals surface area contributed by atoms with Crippen molar-refractivity contribution >= 4 is 37.7 Å². The summed E-state index contributed by atoms with van der Waals surface area (Å²) in [6.45, 7) is 1.84. The van der Waals surface area contributed by atoms with Gasteiger partial charge in [-0.2, -0.15) is 5.10 Å². The van der Waals surface area contributed by atoms with Gasteiger partial charge in [0.25, 0.3) is 10.0 Å². The van der Waals surface area contributed by atoms with Crippen molar-refractivity contribution in [2.75, 3.05) is 10.5 Å². The Hall–Kier alpha value is -2.14. The van der Waals surface area contributed by atoms with Gasteiger partial charge in [0.15, 0.2) is 5.00 Å². The van der Waals surface area contributed by atoms with E-state index in [4.69, 9.17) is 5.73 Å². The number of anilines is 2. The molecule has 0 aliphatic rings. The Kier molecular flexibility index (Phi) is 3.87. The molecule has 0 fully saturated rings. The molecule has 2 rings (SSSR count). The third kappa shape index (κ3) is 2.97. The molecule has 2 aromatic heterocycles. The zero-order valence-corrected chi connectivity index (χ0v) is 12.9. The van der Waals surface area contributed by atoms with Crippen LogP contribution in [0.25, 0.3) is 0 Å². The van der Waals surface area contributed by atoms with E-state index in [0.717, 1.165) is 6.07 Å². The Morgan fingerprint density at radius 2 is 2.24 bits per heavy atom. The second kappa shape index (κ2) is 5.33. The lowest BCUT2D eigenvalue weighted by molar-refractivity contribution is -0.383. The molecule has 0 aliphatic carbocycles. The van der Waals surface area contributed by atoms with Crippen LogP contribution in [0.5, 0.6) is 0 Å². The van der Waals surface area contributed by atoms with Crippen molar-refractivity contribution in [2.24, 2.45) is 7.05 Å². The number of aryl methyl sites for hydroxylation is 2. The summed E-state index contributed by atoms with van der Waals surface area (Å²) in [7, 11) is -2.27. The van der Waals surface area contributed by atoms with Crippen LogP contribution in [0.3, 0.4) is 0 Å². The minimum atomic E-state index is -3.94. The number of hydrogen-bond donors (Lipinski definition) is 2. The standard InChI is InChI=1S/C10H13N5O4S2/c1-3-6-7(5-14(2)12-6)13-21(18,19)9-4-8(15(16)17)10(11)20-9/h4-5,13H,3,11H2,1-2H3. The van der Waals surface area contributed by atoms with Crippen molar-refractivity contribution in [1.82, 2.24) is 9.78 Å². The van der Waals surface area contributed by atoms with Crippen LogP contribution in [0.1, 0.15) is 12.6 Å². The summed E-state index contributed by atoms with van der Waals surface area (Å²) in [5, 5.41) is 14.7. The van der Waals surface area contributed by atoms with Gasteiger partial charge in [0.1, 0.15) is 4.21 Å². The second-order valence-corrected chi connectivity index (χ2v) is 7.19. The van der Waals surface area contributed by atoms with Crippen molar-refractivity contribution in [2.45, 2.75) is 17.6 Å². The molecular weight excluding hydrogens is 318 g/mol.